The Hall–Kier alpha value is -0.980. The molecule has 0 bridgehead atoms. The highest BCUT2D eigenvalue weighted by atomic mass is 16.5. The Balaban J connectivity index is 2.37. The lowest BCUT2D eigenvalue weighted by Crippen LogP contribution is -1.85. The highest BCUT2D eigenvalue weighted by Gasteiger charge is 2.10. The summed E-state index contributed by atoms with van der Waals surface area (Å²) in [6.45, 7) is 0. The normalized spacial score (nSPS) is 22.2. The molecule has 46 valence electrons. The van der Waals surface area contributed by atoms with Gasteiger partial charge in [0.1, 0.15) is 0 Å². The van der Waals surface area contributed by atoms with E-state index in [0.717, 1.165) is 6.42 Å². The van der Waals surface area contributed by atoms with Gasteiger partial charge in [-0.3, -0.25) is 0 Å². The summed E-state index contributed by atoms with van der Waals surface area (Å²) >= 11 is 0. The van der Waals surface area contributed by atoms with Crippen molar-refractivity contribution in [1.29, 1.82) is 0 Å². The molecule has 2 rings (SSSR count). The summed E-state index contributed by atoms with van der Waals surface area (Å²) in [6.07, 6.45) is 10.1. The molecule has 1 aliphatic carbocycles. The van der Waals surface area contributed by atoms with Crippen LogP contribution in [0.15, 0.2) is 35.8 Å². The van der Waals surface area contributed by atoms with Crippen LogP contribution in [-0.4, -0.2) is 0 Å². The van der Waals surface area contributed by atoms with Crippen LogP contribution < -0.4 is 0 Å². The van der Waals surface area contributed by atoms with Gasteiger partial charge in [-0.2, -0.15) is 0 Å². The van der Waals surface area contributed by atoms with E-state index in [9.17, 15) is 0 Å². The Morgan fingerprint density at radius 1 is 1.44 bits per heavy atom. The Morgan fingerprint density at radius 2 is 2.44 bits per heavy atom. The third-order valence-corrected chi connectivity index (χ3v) is 1.69. The van der Waals surface area contributed by atoms with Gasteiger partial charge in [-0.05, 0) is 30.1 Å². The maximum Gasteiger partial charge on any atom is 0.0939 e. The Labute approximate surface area is 54.3 Å². The Kier molecular flexibility index (Phi) is 0.950. The van der Waals surface area contributed by atoms with Crippen LogP contribution in [0.4, 0.5) is 0 Å². The summed E-state index contributed by atoms with van der Waals surface area (Å²) in [6, 6.07) is 0. The van der Waals surface area contributed by atoms with Crippen molar-refractivity contribution in [3.05, 3.63) is 35.8 Å². The molecule has 0 radical (unpaired) electrons. The minimum atomic E-state index is 1.15. The fourth-order valence-corrected chi connectivity index (χ4v) is 1.19. The lowest BCUT2D eigenvalue weighted by molar-refractivity contribution is 0.393. The number of ether oxygens (including phenoxy) is 1. The molecule has 0 aromatic carbocycles. The van der Waals surface area contributed by atoms with E-state index < -0.39 is 0 Å². The Morgan fingerprint density at radius 3 is 3.33 bits per heavy atom. The van der Waals surface area contributed by atoms with E-state index in [2.05, 4.69) is 6.08 Å². The van der Waals surface area contributed by atoms with Gasteiger partial charge in [0.15, 0.2) is 0 Å². The molecule has 0 amide bonds. The van der Waals surface area contributed by atoms with E-state index in [4.69, 9.17) is 4.74 Å². The molecule has 1 nitrogen and oxygen atoms in total. The number of fused-ring (bicyclic) bond motifs is 1. The van der Waals surface area contributed by atoms with Crippen molar-refractivity contribution in [1.82, 2.24) is 0 Å². The topological polar surface area (TPSA) is 9.23 Å². The van der Waals surface area contributed by atoms with Gasteiger partial charge in [-0.1, -0.05) is 6.08 Å². The minimum Gasteiger partial charge on any atom is -0.472 e. The summed E-state index contributed by atoms with van der Waals surface area (Å²) in [5, 5.41) is 0. The molecule has 0 atom stereocenters. The minimum absolute atomic E-state index is 1.15. The van der Waals surface area contributed by atoms with Crippen LogP contribution in [0.3, 0.4) is 0 Å². The molecule has 2 aliphatic rings. The van der Waals surface area contributed by atoms with Crippen LogP contribution in [0.5, 0.6) is 0 Å². The van der Waals surface area contributed by atoms with Crippen LogP contribution >= 0.6 is 0 Å². The molecule has 9 heavy (non-hydrogen) atoms. The maximum atomic E-state index is 5.00. The average Bonchev–Trinajstić information content (AvgIpc) is 2.33. The van der Waals surface area contributed by atoms with Crippen molar-refractivity contribution in [2.45, 2.75) is 12.8 Å². The lowest BCUT2D eigenvalue weighted by Gasteiger charge is -2.04. The molecule has 0 saturated carbocycles. The van der Waals surface area contributed by atoms with E-state index in [1.54, 1.807) is 6.26 Å². The van der Waals surface area contributed by atoms with Gasteiger partial charge < -0.3 is 4.74 Å². The van der Waals surface area contributed by atoms with E-state index in [0.29, 0.717) is 0 Å². The van der Waals surface area contributed by atoms with Crippen molar-refractivity contribution in [3.8, 4) is 0 Å². The standard InChI is InChI=1S/C8H8O/c1-2-7-4-5-9-6-8(7)3-1/h2,4-6H,1,3H2. The second kappa shape index (κ2) is 1.76. The highest BCUT2D eigenvalue weighted by Crippen LogP contribution is 2.27. The van der Waals surface area contributed by atoms with Crippen molar-refractivity contribution >= 4 is 0 Å². The summed E-state index contributed by atoms with van der Waals surface area (Å²) in [4.78, 5) is 0. The zero-order valence-electron chi connectivity index (χ0n) is 5.13. The molecule has 0 aromatic heterocycles. The van der Waals surface area contributed by atoms with E-state index >= 15 is 0 Å². The molecule has 0 fully saturated rings. The Bertz CT molecular complexity index is 209. The first kappa shape index (κ1) is 4.86. The number of hydrogen-bond acceptors (Lipinski definition) is 1. The van der Waals surface area contributed by atoms with E-state index in [1.165, 1.54) is 17.6 Å². The van der Waals surface area contributed by atoms with Crippen molar-refractivity contribution < 1.29 is 4.74 Å². The molecular weight excluding hydrogens is 112 g/mol. The summed E-state index contributed by atoms with van der Waals surface area (Å²) in [5.74, 6) is 0. The molecule has 0 spiro atoms. The van der Waals surface area contributed by atoms with Gasteiger partial charge in [-0.15, -0.1) is 0 Å². The fraction of sp³-hybridized carbons (Fsp3) is 0.250. The molecule has 0 saturated heterocycles. The lowest BCUT2D eigenvalue weighted by atomic mass is 10.1. The predicted octanol–water partition coefficient (Wildman–Crippen LogP) is 2.13. The summed E-state index contributed by atoms with van der Waals surface area (Å²) in [7, 11) is 0. The van der Waals surface area contributed by atoms with E-state index in [1.807, 2.05) is 12.3 Å². The number of rotatable bonds is 0. The second-order valence-corrected chi connectivity index (χ2v) is 2.28. The summed E-state index contributed by atoms with van der Waals surface area (Å²) < 4.78 is 5.00. The SMILES string of the molecule is C1=CC2=CCCC2=CO1. The van der Waals surface area contributed by atoms with Crippen LogP contribution in [0.25, 0.3) is 0 Å². The molecule has 1 heteroatoms. The van der Waals surface area contributed by atoms with Crippen molar-refractivity contribution in [3.63, 3.8) is 0 Å². The molecule has 0 aromatic rings. The van der Waals surface area contributed by atoms with Crippen LogP contribution in [0.1, 0.15) is 12.8 Å². The molecule has 1 heterocycles. The van der Waals surface area contributed by atoms with Gasteiger partial charge in [0, 0.05) is 0 Å². The van der Waals surface area contributed by atoms with Crippen molar-refractivity contribution in [2.75, 3.05) is 0 Å². The van der Waals surface area contributed by atoms with Gasteiger partial charge >= 0.3 is 0 Å². The quantitative estimate of drug-likeness (QED) is 0.476. The van der Waals surface area contributed by atoms with Crippen molar-refractivity contribution in [2.24, 2.45) is 0 Å². The highest BCUT2D eigenvalue weighted by molar-refractivity contribution is 5.43. The first-order chi connectivity index (χ1) is 4.47. The largest absolute Gasteiger partial charge is 0.472 e. The predicted molar refractivity (Wildman–Crippen MR) is 35.6 cm³/mol. The number of hydrogen-bond donors (Lipinski definition) is 0. The van der Waals surface area contributed by atoms with Gasteiger partial charge in [0.2, 0.25) is 0 Å². The monoisotopic (exact) mass is 120 g/mol. The maximum absolute atomic E-state index is 5.00. The second-order valence-electron chi connectivity index (χ2n) is 2.28. The van der Waals surface area contributed by atoms with Crippen LogP contribution in [0, 0.1) is 0 Å². The first-order valence-electron chi connectivity index (χ1n) is 3.18. The molecule has 1 aliphatic heterocycles. The average molecular weight is 120 g/mol. The molecule has 0 N–H and O–H groups in total. The van der Waals surface area contributed by atoms with E-state index in [-0.39, 0.29) is 0 Å². The van der Waals surface area contributed by atoms with Gasteiger partial charge in [-0.25, -0.2) is 0 Å². The first-order valence-corrected chi connectivity index (χ1v) is 3.18. The zero-order chi connectivity index (χ0) is 6.10. The zero-order valence-corrected chi connectivity index (χ0v) is 5.13. The third-order valence-electron chi connectivity index (χ3n) is 1.69. The molecular formula is C8H8O. The van der Waals surface area contributed by atoms with Gasteiger partial charge in [0.05, 0.1) is 12.5 Å². The number of allylic oxidation sites excluding steroid dienone is 4. The smallest absolute Gasteiger partial charge is 0.0939 e. The van der Waals surface area contributed by atoms with Crippen LogP contribution in [0.2, 0.25) is 0 Å². The fourth-order valence-electron chi connectivity index (χ4n) is 1.19. The molecule has 0 unspecified atom stereocenters. The van der Waals surface area contributed by atoms with Gasteiger partial charge in [0.25, 0.3) is 0 Å². The third kappa shape index (κ3) is 0.689. The van der Waals surface area contributed by atoms with Crippen LogP contribution in [-0.2, 0) is 4.74 Å². The summed E-state index contributed by atoms with van der Waals surface area (Å²) in [5.41, 5.74) is 2.69.